The highest BCUT2D eigenvalue weighted by molar-refractivity contribution is 7.09. The van der Waals surface area contributed by atoms with Crippen LogP contribution in [-0.4, -0.2) is 11.0 Å². The normalized spacial score (nSPS) is 12.9. The number of aromatic nitrogens is 1. The van der Waals surface area contributed by atoms with Gasteiger partial charge in [0, 0.05) is 22.1 Å². The molecule has 1 aromatic carbocycles. The van der Waals surface area contributed by atoms with Gasteiger partial charge in [0.05, 0.1) is 6.04 Å². The molecule has 0 fully saturated rings. The maximum Gasteiger partial charge on any atom is 0.114 e. The fourth-order valence-electron chi connectivity index (χ4n) is 1.84. The van der Waals surface area contributed by atoms with Gasteiger partial charge in [0.15, 0.2) is 0 Å². The Morgan fingerprint density at radius 2 is 2.00 bits per heavy atom. The first-order valence-electron chi connectivity index (χ1n) is 6.00. The number of nitrogens with zero attached hydrogens (tertiary/aromatic N) is 1. The lowest BCUT2D eigenvalue weighted by Crippen LogP contribution is -2.29. The smallest absolute Gasteiger partial charge is 0.114 e. The molecule has 0 aliphatic carbocycles. The van der Waals surface area contributed by atoms with Crippen LogP contribution in [0.5, 0.6) is 0 Å². The van der Waals surface area contributed by atoms with Crippen molar-refractivity contribution in [3.63, 3.8) is 0 Å². The highest BCUT2D eigenvalue weighted by atomic mass is 35.5. The summed E-state index contributed by atoms with van der Waals surface area (Å²) in [5, 5.41) is 7.45. The highest BCUT2D eigenvalue weighted by Gasteiger charge is 2.20. The van der Waals surface area contributed by atoms with Gasteiger partial charge in [0.25, 0.3) is 0 Å². The van der Waals surface area contributed by atoms with Crippen molar-refractivity contribution in [1.82, 2.24) is 10.3 Å². The lowest BCUT2D eigenvalue weighted by Gasteiger charge is -2.20. The van der Waals surface area contributed by atoms with E-state index in [-0.39, 0.29) is 6.04 Å². The fourth-order valence-corrected chi connectivity index (χ4v) is 2.96. The molecule has 0 radical (unpaired) electrons. The van der Waals surface area contributed by atoms with Crippen molar-refractivity contribution in [2.24, 2.45) is 0 Å². The highest BCUT2D eigenvalue weighted by Crippen LogP contribution is 2.30. The molecule has 0 aliphatic heterocycles. The Morgan fingerprint density at radius 1 is 1.28 bits per heavy atom. The molecule has 1 N–H and O–H groups in total. The first kappa shape index (κ1) is 13.5. The van der Waals surface area contributed by atoms with Gasteiger partial charge in [-0.2, -0.15) is 0 Å². The van der Waals surface area contributed by atoms with Gasteiger partial charge in [-0.3, -0.25) is 0 Å². The minimum atomic E-state index is 0.0670. The van der Waals surface area contributed by atoms with Gasteiger partial charge < -0.3 is 5.32 Å². The van der Waals surface area contributed by atoms with Crippen molar-refractivity contribution < 1.29 is 0 Å². The number of aryl methyl sites for hydroxylation is 1. The second-order valence-electron chi connectivity index (χ2n) is 4.60. The third-order valence-corrected chi connectivity index (χ3v) is 3.97. The number of benzene rings is 1. The van der Waals surface area contributed by atoms with E-state index in [4.69, 9.17) is 11.6 Å². The zero-order valence-electron chi connectivity index (χ0n) is 10.8. The van der Waals surface area contributed by atoms with Crippen LogP contribution in [0.15, 0.2) is 29.6 Å². The summed E-state index contributed by atoms with van der Waals surface area (Å²) in [7, 11) is 0. The molecule has 1 heterocycles. The molecule has 0 saturated heterocycles. The third-order valence-electron chi connectivity index (χ3n) is 2.60. The molecule has 0 bridgehead atoms. The summed E-state index contributed by atoms with van der Waals surface area (Å²) < 4.78 is 0. The van der Waals surface area contributed by atoms with Gasteiger partial charge in [-0.1, -0.05) is 29.8 Å². The van der Waals surface area contributed by atoms with Gasteiger partial charge in [-0.05, 0) is 32.4 Å². The Hall–Kier alpha value is -0.900. The van der Waals surface area contributed by atoms with Gasteiger partial charge in [-0.25, -0.2) is 4.98 Å². The molecular formula is C14H17ClN2S. The van der Waals surface area contributed by atoms with Crippen LogP contribution in [0.4, 0.5) is 0 Å². The number of nitrogens with one attached hydrogen (secondary N) is 1. The molecule has 1 unspecified atom stereocenters. The van der Waals surface area contributed by atoms with Crippen LogP contribution in [0.2, 0.25) is 5.02 Å². The minimum absolute atomic E-state index is 0.0670. The Kier molecular flexibility index (Phi) is 4.38. The first-order chi connectivity index (χ1) is 8.58. The van der Waals surface area contributed by atoms with E-state index in [1.165, 1.54) is 0 Å². The molecule has 2 rings (SSSR count). The summed E-state index contributed by atoms with van der Waals surface area (Å²) in [4.78, 5) is 4.58. The van der Waals surface area contributed by atoms with Crippen LogP contribution in [0.25, 0.3) is 0 Å². The molecule has 4 heteroatoms. The topological polar surface area (TPSA) is 24.9 Å². The quantitative estimate of drug-likeness (QED) is 0.908. The van der Waals surface area contributed by atoms with E-state index in [1.807, 2.05) is 25.1 Å². The van der Waals surface area contributed by atoms with E-state index in [2.05, 4.69) is 35.6 Å². The summed E-state index contributed by atoms with van der Waals surface area (Å²) in [5.41, 5.74) is 2.14. The summed E-state index contributed by atoms with van der Waals surface area (Å²) in [6.07, 6.45) is 0. The Bertz CT molecular complexity index is 522. The van der Waals surface area contributed by atoms with Crippen LogP contribution < -0.4 is 5.32 Å². The lowest BCUT2D eigenvalue weighted by atomic mass is 10.1. The molecule has 2 aromatic rings. The van der Waals surface area contributed by atoms with Crippen molar-refractivity contribution >= 4 is 22.9 Å². The van der Waals surface area contributed by atoms with Crippen LogP contribution in [0.1, 0.15) is 36.2 Å². The van der Waals surface area contributed by atoms with E-state index in [1.54, 1.807) is 11.3 Å². The van der Waals surface area contributed by atoms with Crippen molar-refractivity contribution in [1.29, 1.82) is 0 Å². The molecule has 2 nitrogen and oxygen atoms in total. The fraction of sp³-hybridized carbons (Fsp3) is 0.357. The molecule has 0 spiro atoms. The van der Waals surface area contributed by atoms with Crippen molar-refractivity contribution in [2.75, 3.05) is 0 Å². The molecule has 0 amide bonds. The Morgan fingerprint density at radius 3 is 2.56 bits per heavy atom. The number of halogens is 1. The van der Waals surface area contributed by atoms with Crippen LogP contribution in [-0.2, 0) is 0 Å². The molecule has 0 saturated carbocycles. The van der Waals surface area contributed by atoms with E-state index in [9.17, 15) is 0 Å². The second-order valence-corrected chi connectivity index (χ2v) is 5.90. The molecule has 96 valence electrons. The minimum Gasteiger partial charge on any atom is -0.302 e. The van der Waals surface area contributed by atoms with Gasteiger partial charge in [-0.15, -0.1) is 11.3 Å². The van der Waals surface area contributed by atoms with Crippen LogP contribution in [0, 0.1) is 6.92 Å². The Labute approximate surface area is 117 Å². The van der Waals surface area contributed by atoms with Gasteiger partial charge in [0.2, 0.25) is 0 Å². The van der Waals surface area contributed by atoms with E-state index >= 15 is 0 Å². The summed E-state index contributed by atoms with van der Waals surface area (Å²) >= 11 is 7.97. The predicted molar refractivity (Wildman–Crippen MR) is 78.4 cm³/mol. The molecule has 1 atom stereocenters. The van der Waals surface area contributed by atoms with Crippen LogP contribution >= 0.6 is 22.9 Å². The molecule has 1 aromatic heterocycles. The zero-order valence-corrected chi connectivity index (χ0v) is 12.3. The number of hydrogen-bond acceptors (Lipinski definition) is 3. The van der Waals surface area contributed by atoms with E-state index < -0.39 is 0 Å². The molecule has 0 aliphatic rings. The average Bonchev–Trinajstić information content (AvgIpc) is 2.73. The first-order valence-corrected chi connectivity index (χ1v) is 7.26. The summed E-state index contributed by atoms with van der Waals surface area (Å²) in [6.45, 7) is 6.27. The SMILES string of the molecule is Cc1csc(C(NC(C)C)c2ccccc2Cl)n1. The lowest BCUT2D eigenvalue weighted by molar-refractivity contribution is 0.526. The monoisotopic (exact) mass is 280 g/mol. The standard InChI is InChI=1S/C14H17ClN2S/c1-9(2)16-13(14-17-10(3)8-18-14)11-6-4-5-7-12(11)15/h4-9,13,16H,1-3H3. The predicted octanol–water partition coefficient (Wildman–Crippen LogP) is 4.19. The second kappa shape index (κ2) is 5.83. The van der Waals surface area contributed by atoms with Crippen molar-refractivity contribution in [2.45, 2.75) is 32.9 Å². The van der Waals surface area contributed by atoms with Crippen molar-refractivity contribution in [3.8, 4) is 0 Å². The maximum atomic E-state index is 6.30. The number of thiazole rings is 1. The molecular weight excluding hydrogens is 264 g/mol. The summed E-state index contributed by atoms with van der Waals surface area (Å²) in [5.74, 6) is 0. The van der Waals surface area contributed by atoms with E-state index in [0.717, 1.165) is 21.3 Å². The number of rotatable bonds is 4. The third kappa shape index (κ3) is 3.10. The molecule has 18 heavy (non-hydrogen) atoms. The van der Waals surface area contributed by atoms with Gasteiger partial charge >= 0.3 is 0 Å². The van der Waals surface area contributed by atoms with Crippen LogP contribution in [0.3, 0.4) is 0 Å². The zero-order chi connectivity index (χ0) is 13.1. The largest absolute Gasteiger partial charge is 0.302 e. The summed E-state index contributed by atoms with van der Waals surface area (Å²) in [6, 6.07) is 8.38. The van der Waals surface area contributed by atoms with Crippen molar-refractivity contribution in [3.05, 3.63) is 50.9 Å². The van der Waals surface area contributed by atoms with Gasteiger partial charge in [0.1, 0.15) is 5.01 Å². The number of hydrogen-bond donors (Lipinski definition) is 1. The average molecular weight is 281 g/mol. The van der Waals surface area contributed by atoms with E-state index in [0.29, 0.717) is 6.04 Å². The Balaban J connectivity index is 2.40. The maximum absolute atomic E-state index is 6.30.